The summed E-state index contributed by atoms with van der Waals surface area (Å²) in [7, 11) is 0. The van der Waals surface area contributed by atoms with Crippen LogP contribution in [-0.2, 0) is 9.53 Å². The number of benzene rings is 2. The summed E-state index contributed by atoms with van der Waals surface area (Å²) in [6.45, 7) is 3.32. The highest BCUT2D eigenvalue weighted by molar-refractivity contribution is 6.30. The summed E-state index contributed by atoms with van der Waals surface area (Å²) >= 11 is 5.86. The van der Waals surface area contributed by atoms with Crippen molar-refractivity contribution in [3.05, 3.63) is 64.4 Å². The molecule has 1 heterocycles. The molecule has 5 nitrogen and oxygen atoms in total. The number of carbonyl (C=O) groups excluding carboxylic acids is 2. The lowest BCUT2D eigenvalue weighted by molar-refractivity contribution is -0.149. The molecule has 0 spiro atoms. The molecule has 1 aliphatic heterocycles. The third kappa shape index (κ3) is 4.24. The second-order valence-electron chi connectivity index (χ2n) is 5.98. The standard InChI is InChI=1S/C20H17ClO5/c1-12(2)25-19(22)11-24-15-7-8-16-17(10-15)26-18(20(16)23)9-13-3-5-14(21)6-4-13/h3-10,12H,11H2,1-2H3/b18-9-. The number of allylic oxidation sites excluding steroid dienone is 1. The van der Waals surface area contributed by atoms with Gasteiger partial charge in [0.15, 0.2) is 12.4 Å². The molecule has 0 bridgehead atoms. The summed E-state index contributed by atoms with van der Waals surface area (Å²) in [5.41, 5.74) is 1.25. The van der Waals surface area contributed by atoms with Crippen LogP contribution in [0.1, 0.15) is 29.8 Å². The number of esters is 1. The van der Waals surface area contributed by atoms with Gasteiger partial charge in [-0.15, -0.1) is 0 Å². The van der Waals surface area contributed by atoms with Crippen molar-refractivity contribution in [3.8, 4) is 11.5 Å². The van der Waals surface area contributed by atoms with E-state index >= 15 is 0 Å². The molecule has 0 aliphatic carbocycles. The molecule has 1 aliphatic rings. The fraction of sp³-hybridized carbons (Fsp3) is 0.200. The maximum atomic E-state index is 12.4. The van der Waals surface area contributed by atoms with E-state index in [0.717, 1.165) is 5.56 Å². The molecule has 0 aromatic heterocycles. The number of halogens is 1. The Kier molecular flexibility index (Phi) is 5.28. The maximum Gasteiger partial charge on any atom is 0.344 e. The van der Waals surface area contributed by atoms with Crippen LogP contribution in [0.4, 0.5) is 0 Å². The summed E-state index contributed by atoms with van der Waals surface area (Å²) in [5, 5.41) is 0.617. The minimum Gasteiger partial charge on any atom is -0.482 e. The van der Waals surface area contributed by atoms with Crippen LogP contribution in [0.15, 0.2) is 48.2 Å². The molecule has 0 saturated carbocycles. The minimum absolute atomic E-state index is 0.201. The van der Waals surface area contributed by atoms with Gasteiger partial charge < -0.3 is 14.2 Å². The van der Waals surface area contributed by atoms with E-state index in [2.05, 4.69) is 0 Å². The van der Waals surface area contributed by atoms with Crippen LogP contribution in [0.3, 0.4) is 0 Å². The highest BCUT2D eigenvalue weighted by atomic mass is 35.5. The molecule has 6 heteroatoms. The minimum atomic E-state index is -0.458. The predicted octanol–water partition coefficient (Wildman–Crippen LogP) is 4.29. The monoisotopic (exact) mass is 372 g/mol. The van der Waals surface area contributed by atoms with Crippen molar-refractivity contribution in [1.29, 1.82) is 0 Å². The van der Waals surface area contributed by atoms with Gasteiger partial charge >= 0.3 is 5.97 Å². The molecular weight excluding hydrogens is 356 g/mol. The van der Waals surface area contributed by atoms with Crippen LogP contribution in [0, 0.1) is 0 Å². The van der Waals surface area contributed by atoms with E-state index < -0.39 is 5.97 Å². The molecule has 26 heavy (non-hydrogen) atoms. The van der Waals surface area contributed by atoms with Crippen molar-refractivity contribution in [1.82, 2.24) is 0 Å². The van der Waals surface area contributed by atoms with Gasteiger partial charge in [-0.2, -0.15) is 0 Å². The number of carbonyl (C=O) groups is 2. The topological polar surface area (TPSA) is 61.8 Å². The van der Waals surface area contributed by atoms with Gasteiger partial charge in [0.2, 0.25) is 5.78 Å². The van der Waals surface area contributed by atoms with Gasteiger partial charge in [0.25, 0.3) is 0 Å². The smallest absolute Gasteiger partial charge is 0.344 e. The van der Waals surface area contributed by atoms with E-state index in [0.29, 0.717) is 22.1 Å². The molecule has 0 N–H and O–H groups in total. The predicted molar refractivity (Wildman–Crippen MR) is 97.6 cm³/mol. The van der Waals surface area contributed by atoms with E-state index in [9.17, 15) is 9.59 Å². The molecule has 0 saturated heterocycles. The van der Waals surface area contributed by atoms with Crippen molar-refractivity contribution in [3.63, 3.8) is 0 Å². The van der Waals surface area contributed by atoms with Crippen molar-refractivity contribution in [2.45, 2.75) is 20.0 Å². The van der Waals surface area contributed by atoms with E-state index in [1.807, 2.05) is 0 Å². The number of hydrogen-bond acceptors (Lipinski definition) is 5. The number of Topliss-reactive ketones (excluding diaryl/α,β-unsaturated/α-hetero) is 1. The van der Waals surface area contributed by atoms with Gasteiger partial charge in [-0.05, 0) is 49.8 Å². The Bertz CT molecular complexity index is 868. The Balaban J connectivity index is 1.72. The van der Waals surface area contributed by atoms with Crippen LogP contribution in [0.2, 0.25) is 5.02 Å². The highest BCUT2D eigenvalue weighted by Gasteiger charge is 2.27. The summed E-state index contributed by atoms with van der Waals surface area (Å²) in [6.07, 6.45) is 1.45. The molecule has 2 aromatic carbocycles. The van der Waals surface area contributed by atoms with Crippen LogP contribution < -0.4 is 9.47 Å². The normalized spacial score (nSPS) is 14.3. The number of hydrogen-bond donors (Lipinski definition) is 0. The lowest BCUT2D eigenvalue weighted by Crippen LogP contribution is -2.18. The van der Waals surface area contributed by atoms with E-state index in [1.54, 1.807) is 62.4 Å². The second-order valence-corrected chi connectivity index (χ2v) is 6.41. The Morgan fingerprint density at radius 2 is 1.92 bits per heavy atom. The Morgan fingerprint density at radius 1 is 1.19 bits per heavy atom. The van der Waals surface area contributed by atoms with Crippen LogP contribution >= 0.6 is 11.6 Å². The second kappa shape index (κ2) is 7.62. The molecule has 2 aromatic rings. The summed E-state index contributed by atoms with van der Waals surface area (Å²) in [6, 6.07) is 11.9. The molecular formula is C20H17ClO5. The fourth-order valence-electron chi connectivity index (χ4n) is 2.41. The first kappa shape index (κ1) is 18.0. The highest BCUT2D eigenvalue weighted by Crippen LogP contribution is 2.35. The molecule has 0 amide bonds. The number of fused-ring (bicyclic) bond motifs is 1. The fourth-order valence-corrected chi connectivity index (χ4v) is 2.53. The van der Waals surface area contributed by atoms with Gasteiger partial charge in [-0.1, -0.05) is 23.7 Å². The third-order valence-corrected chi connectivity index (χ3v) is 3.78. The van der Waals surface area contributed by atoms with Crippen molar-refractivity contribution in [2.75, 3.05) is 6.61 Å². The maximum absolute atomic E-state index is 12.4. The average molecular weight is 373 g/mol. The van der Waals surface area contributed by atoms with Gasteiger partial charge in [0, 0.05) is 11.1 Å². The van der Waals surface area contributed by atoms with Crippen LogP contribution in [-0.4, -0.2) is 24.5 Å². The SMILES string of the molecule is CC(C)OC(=O)COc1ccc2c(c1)O/C(=C\c1ccc(Cl)cc1)C2=O. The number of ketones is 1. The van der Waals surface area contributed by atoms with E-state index in [-0.39, 0.29) is 24.3 Å². The summed E-state index contributed by atoms with van der Waals surface area (Å²) in [5.74, 6) is 0.371. The van der Waals surface area contributed by atoms with Gasteiger partial charge in [0.1, 0.15) is 11.5 Å². The van der Waals surface area contributed by atoms with Gasteiger partial charge in [0.05, 0.1) is 11.7 Å². The zero-order valence-corrected chi connectivity index (χ0v) is 15.1. The zero-order chi connectivity index (χ0) is 18.7. The molecule has 0 fully saturated rings. The van der Waals surface area contributed by atoms with Gasteiger partial charge in [-0.25, -0.2) is 4.79 Å². The van der Waals surface area contributed by atoms with E-state index in [4.69, 9.17) is 25.8 Å². The molecule has 0 atom stereocenters. The zero-order valence-electron chi connectivity index (χ0n) is 14.3. The lowest BCUT2D eigenvalue weighted by Gasteiger charge is -2.09. The Labute approximate surface area is 156 Å². The molecule has 0 unspecified atom stereocenters. The first-order chi connectivity index (χ1) is 12.4. The average Bonchev–Trinajstić information content (AvgIpc) is 2.90. The van der Waals surface area contributed by atoms with Crippen molar-refractivity contribution in [2.24, 2.45) is 0 Å². The van der Waals surface area contributed by atoms with Crippen LogP contribution in [0.25, 0.3) is 6.08 Å². The van der Waals surface area contributed by atoms with Gasteiger partial charge in [-0.3, -0.25) is 4.79 Å². The van der Waals surface area contributed by atoms with Crippen molar-refractivity contribution < 1.29 is 23.8 Å². The third-order valence-electron chi connectivity index (χ3n) is 3.53. The largest absolute Gasteiger partial charge is 0.482 e. The first-order valence-electron chi connectivity index (χ1n) is 8.08. The molecule has 134 valence electrons. The van der Waals surface area contributed by atoms with Crippen molar-refractivity contribution >= 4 is 29.4 Å². The summed E-state index contributed by atoms with van der Waals surface area (Å²) < 4.78 is 16.0. The number of rotatable bonds is 5. The molecule has 0 radical (unpaired) electrons. The van der Waals surface area contributed by atoms with E-state index in [1.165, 1.54) is 0 Å². The Hall–Kier alpha value is -2.79. The Morgan fingerprint density at radius 3 is 2.62 bits per heavy atom. The first-order valence-corrected chi connectivity index (χ1v) is 8.46. The lowest BCUT2D eigenvalue weighted by atomic mass is 10.1. The number of ether oxygens (including phenoxy) is 3. The quantitative estimate of drug-likeness (QED) is 0.579. The summed E-state index contributed by atoms with van der Waals surface area (Å²) in [4.78, 5) is 24.0. The van der Waals surface area contributed by atoms with Crippen LogP contribution in [0.5, 0.6) is 11.5 Å². The molecule has 3 rings (SSSR count).